The van der Waals surface area contributed by atoms with E-state index in [9.17, 15) is 0 Å². The minimum Gasteiger partial charge on any atom is -0.493 e. The standard InChI is InChI=1S/C23H25N5O3S2/c1-29-18-9-8-17(14-19(18)30-2)25-22(32)27-24-15-20-21(16-6-4-3-5-7-16)26-23(33-20)28-10-12-31-13-11-28/h3-9,14-15H,10-13H2,1-2H3,(H2,25,27,32)/b24-15-. The zero-order chi connectivity index (χ0) is 23.0. The van der Waals surface area contributed by atoms with E-state index in [1.165, 1.54) is 0 Å². The number of aromatic nitrogens is 1. The van der Waals surface area contributed by atoms with Crippen molar-refractivity contribution in [2.45, 2.75) is 0 Å². The lowest BCUT2D eigenvalue weighted by Gasteiger charge is -2.26. The summed E-state index contributed by atoms with van der Waals surface area (Å²) in [5.74, 6) is 1.26. The molecule has 10 heteroatoms. The Morgan fingerprint density at radius 1 is 1.12 bits per heavy atom. The third kappa shape index (κ3) is 5.78. The van der Waals surface area contributed by atoms with Gasteiger partial charge in [0.15, 0.2) is 21.7 Å². The van der Waals surface area contributed by atoms with Crippen LogP contribution in [0.5, 0.6) is 11.5 Å². The summed E-state index contributed by atoms with van der Waals surface area (Å²) in [4.78, 5) is 8.09. The molecule has 0 bridgehead atoms. The molecule has 172 valence electrons. The summed E-state index contributed by atoms with van der Waals surface area (Å²) >= 11 is 6.99. The molecule has 2 heterocycles. The van der Waals surface area contributed by atoms with E-state index < -0.39 is 0 Å². The van der Waals surface area contributed by atoms with Gasteiger partial charge in [-0.05, 0) is 24.4 Å². The number of hydrogen-bond donors (Lipinski definition) is 2. The summed E-state index contributed by atoms with van der Waals surface area (Å²) < 4.78 is 16.1. The number of nitrogens with one attached hydrogen (secondary N) is 2. The van der Waals surface area contributed by atoms with Gasteiger partial charge in [0.25, 0.3) is 0 Å². The molecule has 2 aromatic carbocycles. The number of thiazole rings is 1. The van der Waals surface area contributed by atoms with Gasteiger partial charge >= 0.3 is 0 Å². The fraction of sp³-hybridized carbons (Fsp3) is 0.261. The lowest BCUT2D eigenvalue weighted by molar-refractivity contribution is 0.122. The van der Waals surface area contributed by atoms with Crippen LogP contribution in [0, 0.1) is 0 Å². The maximum atomic E-state index is 5.47. The first-order chi connectivity index (χ1) is 16.2. The first-order valence-electron chi connectivity index (χ1n) is 10.4. The van der Waals surface area contributed by atoms with Crippen LogP contribution in [-0.2, 0) is 4.74 Å². The average Bonchev–Trinajstić information content (AvgIpc) is 3.29. The predicted octanol–water partition coefficient (Wildman–Crippen LogP) is 3.98. The topological polar surface area (TPSA) is 80.2 Å². The van der Waals surface area contributed by atoms with E-state index in [0.29, 0.717) is 29.8 Å². The van der Waals surface area contributed by atoms with Crippen molar-refractivity contribution in [3.05, 3.63) is 53.4 Å². The maximum absolute atomic E-state index is 5.47. The number of hydrazone groups is 1. The number of thiocarbonyl (C=S) groups is 1. The maximum Gasteiger partial charge on any atom is 0.191 e. The van der Waals surface area contributed by atoms with E-state index >= 15 is 0 Å². The Labute approximate surface area is 202 Å². The number of anilines is 2. The lowest BCUT2D eigenvalue weighted by Crippen LogP contribution is -2.36. The molecule has 0 amide bonds. The van der Waals surface area contributed by atoms with Gasteiger partial charge < -0.3 is 24.4 Å². The van der Waals surface area contributed by atoms with Crippen LogP contribution in [-0.4, -0.2) is 56.8 Å². The highest BCUT2D eigenvalue weighted by molar-refractivity contribution is 7.80. The van der Waals surface area contributed by atoms with Crippen LogP contribution in [0.2, 0.25) is 0 Å². The Morgan fingerprint density at radius 3 is 2.61 bits per heavy atom. The zero-order valence-electron chi connectivity index (χ0n) is 18.4. The Kier molecular flexibility index (Phi) is 7.71. The number of methoxy groups -OCH3 is 2. The second-order valence-electron chi connectivity index (χ2n) is 7.07. The second kappa shape index (κ2) is 11.1. The summed E-state index contributed by atoms with van der Waals surface area (Å²) in [6.45, 7) is 3.08. The van der Waals surface area contributed by atoms with E-state index in [4.69, 9.17) is 31.4 Å². The van der Waals surface area contributed by atoms with Crippen molar-refractivity contribution >= 4 is 45.7 Å². The van der Waals surface area contributed by atoms with Crippen molar-refractivity contribution in [2.24, 2.45) is 5.10 Å². The SMILES string of the molecule is COc1ccc(NC(=S)N/N=C\c2sc(N3CCOCC3)nc2-c2ccccc2)cc1OC. The summed E-state index contributed by atoms with van der Waals surface area (Å²) in [7, 11) is 3.19. The smallest absolute Gasteiger partial charge is 0.191 e. The molecule has 33 heavy (non-hydrogen) atoms. The molecule has 0 unspecified atom stereocenters. The van der Waals surface area contributed by atoms with Crippen molar-refractivity contribution in [2.75, 3.05) is 50.7 Å². The van der Waals surface area contributed by atoms with Crippen molar-refractivity contribution in [1.29, 1.82) is 0 Å². The molecule has 1 fully saturated rings. The van der Waals surface area contributed by atoms with Crippen molar-refractivity contribution < 1.29 is 14.2 Å². The minimum absolute atomic E-state index is 0.359. The fourth-order valence-electron chi connectivity index (χ4n) is 3.32. The first kappa shape index (κ1) is 23.0. The van der Waals surface area contributed by atoms with E-state index in [1.807, 2.05) is 48.5 Å². The predicted molar refractivity (Wildman–Crippen MR) is 137 cm³/mol. The summed E-state index contributed by atoms with van der Waals surface area (Å²) in [6.07, 6.45) is 1.76. The van der Waals surface area contributed by atoms with Crippen LogP contribution in [0.4, 0.5) is 10.8 Å². The molecular formula is C23H25N5O3S2. The zero-order valence-corrected chi connectivity index (χ0v) is 20.0. The highest BCUT2D eigenvalue weighted by atomic mass is 32.1. The van der Waals surface area contributed by atoms with Gasteiger partial charge in [0.2, 0.25) is 0 Å². The summed E-state index contributed by atoms with van der Waals surface area (Å²) in [5, 5.41) is 8.77. The fourth-order valence-corrected chi connectivity index (χ4v) is 4.50. The van der Waals surface area contributed by atoms with Crippen LogP contribution < -0.4 is 25.1 Å². The highest BCUT2D eigenvalue weighted by Gasteiger charge is 2.18. The molecule has 8 nitrogen and oxygen atoms in total. The molecule has 3 aromatic rings. The molecule has 1 aliphatic rings. The number of nitrogens with zero attached hydrogens (tertiary/aromatic N) is 3. The Bertz CT molecular complexity index is 1110. The van der Waals surface area contributed by atoms with Crippen molar-refractivity contribution in [3.8, 4) is 22.8 Å². The van der Waals surface area contributed by atoms with Gasteiger partial charge in [-0.2, -0.15) is 5.10 Å². The third-order valence-corrected chi connectivity index (χ3v) is 6.20. The number of ether oxygens (including phenoxy) is 3. The van der Waals surface area contributed by atoms with Crippen LogP contribution in [0.3, 0.4) is 0 Å². The van der Waals surface area contributed by atoms with Crippen molar-refractivity contribution in [3.63, 3.8) is 0 Å². The highest BCUT2D eigenvalue weighted by Crippen LogP contribution is 2.32. The molecule has 0 aliphatic carbocycles. The van der Waals surface area contributed by atoms with E-state index in [0.717, 1.165) is 40.0 Å². The molecule has 1 aromatic heterocycles. The van der Waals surface area contributed by atoms with Crippen LogP contribution in [0.1, 0.15) is 4.88 Å². The lowest BCUT2D eigenvalue weighted by atomic mass is 10.1. The monoisotopic (exact) mass is 483 g/mol. The van der Waals surface area contributed by atoms with E-state index in [2.05, 4.69) is 20.7 Å². The third-order valence-electron chi connectivity index (χ3n) is 4.96. The van der Waals surface area contributed by atoms with Gasteiger partial charge in [-0.1, -0.05) is 41.7 Å². The van der Waals surface area contributed by atoms with Gasteiger partial charge in [0.1, 0.15) is 0 Å². The quantitative estimate of drug-likeness (QED) is 0.297. The van der Waals surface area contributed by atoms with Gasteiger partial charge in [-0.25, -0.2) is 4.98 Å². The number of rotatable bonds is 7. The van der Waals surface area contributed by atoms with Gasteiger partial charge in [0, 0.05) is 30.4 Å². The van der Waals surface area contributed by atoms with Crippen LogP contribution in [0.25, 0.3) is 11.3 Å². The van der Waals surface area contributed by atoms with Crippen LogP contribution >= 0.6 is 23.6 Å². The molecule has 0 saturated carbocycles. The average molecular weight is 484 g/mol. The normalized spacial score (nSPS) is 13.7. The Hall–Kier alpha value is -3.21. The largest absolute Gasteiger partial charge is 0.493 e. The molecule has 1 saturated heterocycles. The minimum atomic E-state index is 0.359. The summed E-state index contributed by atoms with van der Waals surface area (Å²) in [5.41, 5.74) is 5.58. The molecular weight excluding hydrogens is 458 g/mol. The van der Waals surface area contributed by atoms with Gasteiger partial charge in [-0.3, -0.25) is 5.43 Å². The van der Waals surface area contributed by atoms with Crippen LogP contribution in [0.15, 0.2) is 53.6 Å². The van der Waals surface area contributed by atoms with Gasteiger partial charge in [0.05, 0.1) is 44.2 Å². The number of benzene rings is 2. The molecule has 0 spiro atoms. The van der Waals surface area contributed by atoms with E-state index in [-0.39, 0.29) is 0 Å². The summed E-state index contributed by atoms with van der Waals surface area (Å²) in [6, 6.07) is 15.6. The Morgan fingerprint density at radius 2 is 1.88 bits per heavy atom. The van der Waals surface area contributed by atoms with Crippen molar-refractivity contribution in [1.82, 2.24) is 10.4 Å². The second-order valence-corrected chi connectivity index (χ2v) is 8.49. The first-order valence-corrected chi connectivity index (χ1v) is 11.6. The number of hydrogen-bond acceptors (Lipinski definition) is 8. The van der Waals surface area contributed by atoms with E-state index in [1.54, 1.807) is 31.8 Å². The number of morpholine rings is 1. The molecule has 0 radical (unpaired) electrons. The molecule has 0 atom stereocenters. The Balaban J connectivity index is 1.47. The van der Waals surface area contributed by atoms with Gasteiger partial charge in [-0.15, -0.1) is 0 Å². The molecule has 2 N–H and O–H groups in total. The molecule has 1 aliphatic heterocycles. The molecule has 4 rings (SSSR count).